The number of hydrogen-bond acceptors (Lipinski definition) is 12. The molecule has 0 bridgehead atoms. The monoisotopic (exact) mass is 746 g/mol. The molecule has 0 radical (unpaired) electrons. The highest BCUT2D eigenvalue weighted by molar-refractivity contribution is 6.35. The highest BCUT2D eigenvalue weighted by atomic mass is 35.5. The Morgan fingerprint density at radius 3 is 2.73 bits per heavy atom. The number of halogens is 2. The van der Waals surface area contributed by atoms with Gasteiger partial charge in [-0.15, -0.1) is 17.4 Å². The second kappa shape index (κ2) is 18.7. The third-order valence-corrected chi connectivity index (χ3v) is 7.96. The molecule has 17 heteroatoms. The number of hydrogen-bond donors (Lipinski definition) is 1. The van der Waals surface area contributed by atoms with Crippen molar-refractivity contribution < 1.29 is 23.8 Å². The normalized spacial score (nSPS) is 16.8. The van der Waals surface area contributed by atoms with Crippen molar-refractivity contribution in [2.24, 2.45) is 12.2 Å². The number of nitrogens with zero attached hydrogens (tertiary/aromatic N) is 9. The van der Waals surface area contributed by atoms with Crippen molar-refractivity contribution in [3.63, 3.8) is 0 Å². The minimum Gasteiger partial charge on any atom is -0.448 e. The molecule has 2 aromatic carbocycles. The first-order chi connectivity index (χ1) is 25.3. The standard InChI is InChI=1S/C20H19N7O3.C15H17Cl2N3O2/c1-3-4-13-29-20(28)22-17-12-8-11-16(21-17)14-30-24-18(15-9-6-5-7-10-15)19-23-25-26-27(19)2;1-2-3-12-7-21-15(22-12,8-20-10-18-9-19-20)13-5-4-11(16)6-14(13)17/h1,5-12H,4,13-14H2,2H3,(H,21,22,28);4-6,9-10,12H,2-3,7-8H2,1H3/b24-18-;. The summed E-state index contributed by atoms with van der Waals surface area (Å²) < 4.78 is 20.4. The summed E-state index contributed by atoms with van der Waals surface area (Å²) in [5.41, 5.74) is 2.60. The van der Waals surface area contributed by atoms with Crippen molar-refractivity contribution >= 4 is 40.8 Å². The number of ether oxygens (including phenoxy) is 3. The molecule has 2 unspecified atom stereocenters. The maximum atomic E-state index is 11.7. The molecule has 1 aliphatic heterocycles. The van der Waals surface area contributed by atoms with Crippen molar-refractivity contribution in [2.75, 3.05) is 18.5 Å². The van der Waals surface area contributed by atoms with Crippen LogP contribution >= 0.6 is 23.2 Å². The molecule has 15 nitrogen and oxygen atoms in total. The number of terminal acetylenes is 1. The Kier molecular flexibility index (Phi) is 13.6. The van der Waals surface area contributed by atoms with Gasteiger partial charge in [-0.25, -0.2) is 24.1 Å². The summed E-state index contributed by atoms with van der Waals surface area (Å²) in [5.74, 6) is 2.21. The topological polar surface area (TPSA) is 166 Å². The van der Waals surface area contributed by atoms with E-state index in [1.54, 1.807) is 48.4 Å². The zero-order chi connectivity index (χ0) is 36.8. The van der Waals surface area contributed by atoms with Gasteiger partial charge in [0.25, 0.3) is 0 Å². The molecule has 270 valence electrons. The van der Waals surface area contributed by atoms with Gasteiger partial charge in [-0.3, -0.25) is 5.32 Å². The van der Waals surface area contributed by atoms with Gasteiger partial charge in [0.05, 0.1) is 23.4 Å². The fourth-order valence-corrected chi connectivity index (χ4v) is 5.60. The number of anilines is 1. The van der Waals surface area contributed by atoms with Gasteiger partial charge in [0.15, 0.2) is 12.3 Å². The van der Waals surface area contributed by atoms with Gasteiger partial charge in [-0.2, -0.15) is 5.10 Å². The van der Waals surface area contributed by atoms with Crippen LogP contribution in [-0.4, -0.2) is 71.1 Å². The second-order valence-corrected chi connectivity index (χ2v) is 12.1. The van der Waals surface area contributed by atoms with Crippen LogP contribution in [0.25, 0.3) is 0 Å². The maximum Gasteiger partial charge on any atom is 0.412 e. The molecule has 1 N–H and O–H groups in total. The lowest BCUT2D eigenvalue weighted by molar-refractivity contribution is -0.189. The fourth-order valence-electron chi connectivity index (χ4n) is 5.05. The van der Waals surface area contributed by atoms with E-state index < -0.39 is 11.9 Å². The Labute approximate surface area is 310 Å². The van der Waals surface area contributed by atoms with E-state index in [2.05, 4.69) is 53.9 Å². The fraction of sp³-hybridized carbons (Fsp3) is 0.314. The van der Waals surface area contributed by atoms with Gasteiger partial charge in [0.1, 0.15) is 31.6 Å². The van der Waals surface area contributed by atoms with Gasteiger partial charge in [0.2, 0.25) is 11.6 Å². The molecule has 0 saturated carbocycles. The van der Waals surface area contributed by atoms with E-state index in [9.17, 15) is 4.79 Å². The number of rotatable bonds is 13. The van der Waals surface area contributed by atoms with Crippen LogP contribution in [-0.2, 0) is 45.0 Å². The summed E-state index contributed by atoms with van der Waals surface area (Å²) in [6, 6.07) is 19.9. The first-order valence-corrected chi connectivity index (χ1v) is 17.0. The minimum atomic E-state index is -0.963. The van der Waals surface area contributed by atoms with Crippen LogP contribution in [0.15, 0.2) is 84.5 Å². The molecule has 4 heterocycles. The van der Waals surface area contributed by atoms with E-state index in [0.29, 0.717) is 52.7 Å². The van der Waals surface area contributed by atoms with E-state index in [1.807, 2.05) is 36.4 Å². The van der Waals surface area contributed by atoms with E-state index in [1.165, 1.54) is 11.0 Å². The Morgan fingerprint density at radius 2 is 2.02 bits per heavy atom. The lowest BCUT2D eigenvalue weighted by atomic mass is 10.1. The van der Waals surface area contributed by atoms with Crippen LogP contribution in [0.4, 0.5) is 10.6 Å². The van der Waals surface area contributed by atoms with Crippen LogP contribution < -0.4 is 5.32 Å². The molecule has 2 atom stereocenters. The molecule has 1 saturated heterocycles. The smallest absolute Gasteiger partial charge is 0.412 e. The molecule has 5 aromatic rings. The summed E-state index contributed by atoms with van der Waals surface area (Å²) in [6.07, 6.45) is 9.95. The molecule has 3 aromatic heterocycles. The highest BCUT2D eigenvalue weighted by Gasteiger charge is 2.45. The molecule has 0 spiro atoms. The summed E-state index contributed by atoms with van der Waals surface area (Å²) in [7, 11) is 1.72. The van der Waals surface area contributed by atoms with Gasteiger partial charge in [0, 0.05) is 29.6 Å². The van der Waals surface area contributed by atoms with Gasteiger partial charge >= 0.3 is 6.09 Å². The van der Waals surface area contributed by atoms with E-state index in [0.717, 1.165) is 24.0 Å². The predicted molar refractivity (Wildman–Crippen MR) is 192 cm³/mol. The molecule has 1 fully saturated rings. The van der Waals surface area contributed by atoms with Crippen LogP contribution in [0.2, 0.25) is 10.0 Å². The van der Waals surface area contributed by atoms with Gasteiger partial charge in [-0.1, -0.05) is 84.2 Å². The third-order valence-electron chi connectivity index (χ3n) is 7.41. The number of tetrazole rings is 1. The van der Waals surface area contributed by atoms with Crippen LogP contribution in [0.1, 0.15) is 48.8 Å². The molecule has 6 rings (SSSR count). The third kappa shape index (κ3) is 10.3. The Morgan fingerprint density at radius 1 is 1.17 bits per heavy atom. The quantitative estimate of drug-likeness (QED) is 0.0670. The lowest BCUT2D eigenvalue weighted by Gasteiger charge is -2.29. The Bertz CT molecular complexity index is 1970. The van der Waals surface area contributed by atoms with Crippen molar-refractivity contribution in [3.8, 4) is 12.3 Å². The van der Waals surface area contributed by atoms with Crippen LogP contribution in [0.3, 0.4) is 0 Å². The number of oxime groups is 1. The largest absolute Gasteiger partial charge is 0.448 e. The first-order valence-electron chi connectivity index (χ1n) is 16.2. The van der Waals surface area contributed by atoms with E-state index in [4.69, 9.17) is 48.7 Å². The molecular formula is C35H36Cl2N10O5. The van der Waals surface area contributed by atoms with Crippen molar-refractivity contribution in [1.82, 2.24) is 40.0 Å². The van der Waals surface area contributed by atoms with E-state index >= 15 is 0 Å². The zero-order valence-electron chi connectivity index (χ0n) is 28.4. The number of aryl methyl sites for hydroxylation is 1. The molecule has 1 aliphatic rings. The lowest BCUT2D eigenvalue weighted by Crippen LogP contribution is -2.34. The van der Waals surface area contributed by atoms with Crippen molar-refractivity contribution in [3.05, 3.63) is 112 Å². The first kappa shape index (κ1) is 37.8. The summed E-state index contributed by atoms with van der Waals surface area (Å²) in [6.45, 7) is 3.24. The maximum absolute atomic E-state index is 11.7. The van der Waals surface area contributed by atoms with Gasteiger partial charge < -0.3 is 19.0 Å². The molecular weight excluding hydrogens is 711 g/mol. The Balaban J connectivity index is 0.000000210. The average molecular weight is 748 g/mol. The van der Waals surface area contributed by atoms with Crippen molar-refractivity contribution in [1.29, 1.82) is 0 Å². The number of benzene rings is 2. The number of carbonyl (C=O) groups excluding carboxylic acids is 1. The SMILES string of the molecule is C#CCCOC(=O)Nc1cccc(CO/N=C(/c2ccccc2)c2nnnn2C)n1.CCCC1COC(Cn2cncn2)(c2ccc(Cl)cc2Cl)O1. The number of carbonyl (C=O) groups is 1. The summed E-state index contributed by atoms with van der Waals surface area (Å²) in [5, 5.41) is 23.5. The molecule has 0 aliphatic carbocycles. The van der Waals surface area contributed by atoms with Crippen molar-refractivity contribution in [2.45, 2.75) is 51.2 Å². The van der Waals surface area contributed by atoms with Gasteiger partial charge in [-0.05, 0) is 41.1 Å². The van der Waals surface area contributed by atoms with E-state index in [-0.39, 0.29) is 19.3 Å². The number of pyridine rings is 1. The second-order valence-electron chi connectivity index (χ2n) is 11.2. The molecule has 1 amide bonds. The average Bonchev–Trinajstić information content (AvgIpc) is 3.91. The van der Waals surface area contributed by atoms with Crippen LogP contribution in [0, 0.1) is 12.3 Å². The number of amides is 1. The highest BCUT2D eigenvalue weighted by Crippen LogP contribution is 2.41. The number of nitrogens with one attached hydrogen (secondary N) is 1. The predicted octanol–water partition coefficient (Wildman–Crippen LogP) is 5.80. The summed E-state index contributed by atoms with van der Waals surface area (Å²) >= 11 is 12.4. The zero-order valence-corrected chi connectivity index (χ0v) is 29.9. The molecule has 52 heavy (non-hydrogen) atoms. The summed E-state index contributed by atoms with van der Waals surface area (Å²) in [4.78, 5) is 25.5. The minimum absolute atomic E-state index is 0.0419. The van der Waals surface area contributed by atoms with Crippen LogP contribution in [0.5, 0.6) is 0 Å². The Hall–Kier alpha value is -5.40. The number of aromatic nitrogens is 8.